The van der Waals surface area contributed by atoms with Gasteiger partial charge >= 0.3 is 0 Å². The average molecular weight is 852 g/mol. The van der Waals surface area contributed by atoms with E-state index >= 15 is 0 Å². The highest BCUT2D eigenvalue weighted by molar-refractivity contribution is 7.21. The number of aromatic nitrogens is 1. The van der Waals surface area contributed by atoms with E-state index < -0.39 is 0 Å². The van der Waals surface area contributed by atoms with E-state index in [2.05, 4.69) is 15.9 Å². The Labute approximate surface area is 362 Å². The number of piperazine rings is 1. The molecule has 0 bridgehead atoms. The second kappa shape index (κ2) is 20.8. The zero-order chi connectivity index (χ0) is 42.7. The van der Waals surface area contributed by atoms with E-state index in [1.165, 1.54) is 16.6 Å². The number of hydrogen-bond donors (Lipinski definition) is 0. The van der Waals surface area contributed by atoms with Crippen molar-refractivity contribution in [2.75, 3.05) is 88.0 Å². The van der Waals surface area contributed by atoms with Gasteiger partial charge in [-0.1, -0.05) is 18.2 Å². The minimum absolute atomic E-state index is 0.155. The number of carbonyl (C=O) groups excluding carboxylic acids is 1. The monoisotopic (exact) mass is 851 g/mol. The molecule has 13 nitrogen and oxygen atoms in total. The van der Waals surface area contributed by atoms with Gasteiger partial charge < -0.3 is 43.0 Å². The Balaban J connectivity index is 0.827. The summed E-state index contributed by atoms with van der Waals surface area (Å²) in [5.41, 5.74) is 4.49. The van der Waals surface area contributed by atoms with Crippen molar-refractivity contribution >= 4 is 33.2 Å². The van der Waals surface area contributed by atoms with Gasteiger partial charge in [-0.25, -0.2) is 9.99 Å². The summed E-state index contributed by atoms with van der Waals surface area (Å²) in [6.07, 6.45) is 4.51. The number of carbonyl (C=O) groups is 1. The number of benzene rings is 4. The summed E-state index contributed by atoms with van der Waals surface area (Å²) >= 11 is 1.69. The number of fused-ring (bicyclic) bond motifs is 1. The summed E-state index contributed by atoms with van der Waals surface area (Å²) in [6.45, 7) is 9.11. The van der Waals surface area contributed by atoms with Crippen molar-refractivity contribution in [3.05, 3.63) is 83.9 Å². The minimum Gasteiger partial charge on any atom is -0.493 e. The maximum absolute atomic E-state index is 12.8. The third-order valence-electron chi connectivity index (χ3n) is 11.2. The van der Waals surface area contributed by atoms with Crippen molar-refractivity contribution < 1.29 is 38.0 Å². The van der Waals surface area contributed by atoms with Gasteiger partial charge in [-0.3, -0.25) is 4.79 Å². The van der Waals surface area contributed by atoms with Crippen LogP contribution in [0, 0.1) is 0 Å². The van der Waals surface area contributed by atoms with E-state index in [1.807, 2.05) is 66.7 Å². The molecular weight excluding hydrogens is 795 g/mol. The van der Waals surface area contributed by atoms with Crippen LogP contribution in [0.4, 0.5) is 0 Å². The Bertz CT molecular complexity index is 2230. The van der Waals surface area contributed by atoms with E-state index in [0.717, 1.165) is 109 Å². The number of unbranched alkanes of at least 4 members (excludes halogenated alkanes) is 2. The lowest BCUT2D eigenvalue weighted by atomic mass is 9.97. The highest BCUT2D eigenvalue weighted by Gasteiger charge is 2.33. The molecule has 0 radical (unpaired) electrons. The first kappa shape index (κ1) is 43.5. The summed E-state index contributed by atoms with van der Waals surface area (Å²) < 4.78 is 41.6. The maximum atomic E-state index is 12.8. The summed E-state index contributed by atoms with van der Waals surface area (Å²) in [5.74, 6) is 4.19. The topological polar surface area (TPSA) is 117 Å². The van der Waals surface area contributed by atoms with Crippen LogP contribution >= 0.6 is 11.3 Å². The van der Waals surface area contributed by atoms with Crippen LogP contribution in [-0.4, -0.2) is 119 Å². The van der Waals surface area contributed by atoms with E-state index in [4.69, 9.17) is 43.2 Å². The molecular formula is C47H57N5O8S. The fraction of sp³-hybridized carbons (Fsp3) is 0.426. The van der Waals surface area contributed by atoms with Crippen molar-refractivity contribution in [2.24, 2.45) is 5.10 Å². The van der Waals surface area contributed by atoms with Crippen LogP contribution in [-0.2, 0) is 4.79 Å². The first-order chi connectivity index (χ1) is 29.8. The molecule has 324 valence electrons. The predicted octanol–water partition coefficient (Wildman–Crippen LogP) is 8.34. The highest BCUT2D eigenvalue weighted by Crippen LogP contribution is 2.42. The van der Waals surface area contributed by atoms with Crippen LogP contribution in [0.15, 0.2) is 77.9 Å². The molecule has 0 N–H and O–H groups in total. The zero-order valence-corrected chi connectivity index (χ0v) is 36.9. The number of para-hydroxylation sites is 1. The fourth-order valence-electron chi connectivity index (χ4n) is 7.89. The molecule has 14 heteroatoms. The van der Waals surface area contributed by atoms with Crippen LogP contribution < -0.4 is 33.2 Å². The second-order valence-corrected chi connectivity index (χ2v) is 16.1. The Morgan fingerprint density at radius 1 is 0.656 bits per heavy atom. The number of hydrazone groups is 1. The van der Waals surface area contributed by atoms with Gasteiger partial charge in [-0.05, 0) is 98.9 Å². The molecule has 61 heavy (non-hydrogen) atoms. The zero-order valence-electron chi connectivity index (χ0n) is 36.1. The Morgan fingerprint density at radius 2 is 1.23 bits per heavy atom. The van der Waals surface area contributed by atoms with E-state index in [-0.39, 0.29) is 11.9 Å². The molecule has 7 rings (SSSR count). The molecule has 1 atom stereocenters. The predicted molar refractivity (Wildman–Crippen MR) is 239 cm³/mol. The largest absolute Gasteiger partial charge is 0.493 e. The molecule has 0 spiro atoms. The fourth-order valence-corrected chi connectivity index (χ4v) is 8.85. The number of ether oxygens (including phenoxy) is 7. The van der Waals surface area contributed by atoms with Gasteiger partial charge in [-0.2, -0.15) is 5.10 Å². The summed E-state index contributed by atoms with van der Waals surface area (Å²) in [7, 11) is 8.05. The summed E-state index contributed by atoms with van der Waals surface area (Å²) in [6, 6.07) is 23.5. The Hall–Kier alpha value is -5.57. The standard InChI is InChI=1S/C47H57N5O8S/c1-32(53)52-38(31-37(49-52)35-29-43(56-4)46(58-6)44(30-35)57-5)33-15-17-39(54-2)41(27-33)59-25-11-9-19-50-21-23-51(24-22-50)20-10-12-26-60-42-28-34(16-18-40(42)55-3)47-48-36-13-7-8-14-45(36)61-47/h7-8,13-18,27-30,38H,9-12,19-26,31H2,1-6H3. The molecule has 5 aromatic rings. The molecule has 4 aromatic carbocycles. The average Bonchev–Trinajstić information content (AvgIpc) is 3.95. The quantitative estimate of drug-likeness (QED) is 0.0704. The Morgan fingerprint density at radius 3 is 1.80 bits per heavy atom. The molecule has 1 saturated heterocycles. The minimum atomic E-state index is -0.310. The first-order valence-corrected chi connectivity index (χ1v) is 21.7. The van der Waals surface area contributed by atoms with Crippen molar-refractivity contribution in [3.8, 4) is 50.8 Å². The molecule has 2 aliphatic rings. The third kappa shape index (κ3) is 10.5. The van der Waals surface area contributed by atoms with Gasteiger partial charge in [-0.15, -0.1) is 11.3 Å². The smallest absolute Gasteiger partial charge is 0.240 e. The first-order valence-electron chi connectivity index (χ1n) is 20.9. The third-order valence-corrected chi connectivity index (χ3v) is 12.3. The SMILES string of the molecule is COc1ccc(-c2nc3ccccc3s2)cc1OCCCCN1CCN(CCCCOc2cc(C3CC(c4cc(OC)c(OC)c(OC)c4)=NN3C(C)=O)ccc2OC)CC1. The number of nitrogens with zero attached hydrogens (tertiary/aromatic N) is 5. The van der Waals surface area contributed by atoms with Crippen LogP contribution in [0.3, 0.4) is 0 Å². The van der Waals surface area contributed by atoms with Gasteiger partial charge in [0.15, 0.2) is 34.5 Å². The molecule has 1 amide bonds. The normalized spacial score (nSPS) is 15.7. The lowest BCUT2D eigenvalue weighted by Gasteiger charge is -2.34. The number of rotatable bonds is 20. The maximum Gasteiger partial charge on any atom is 0.240 e. The lowest BCUT2D eigenvalue weighted by Crippen LogP contribution is -2.46. The molecule has 1 aromatic heterocycles. The summed E-state index contributed by atoms with van der Waals surface area (Å²) in [4.78, 5) is 22.7. The van der Waals surface area contributed by atoms with Crippen LogP contribution in [0.25, 0.3) is 20.8 Å². The second-order valence-electron chi connectivity index (χ2n) is 15.1. The molecule has 2 aliphatic heterocycles. The number of amides is 1. The van der Waals surface area contributed by atoms with Gasteiger partial charge in [0.1, 0.15) is 5.01 Å². The van der Waals surface area contributed by atoms with E-state index in [1.54, 1.807) is 46.9 Å². The van der Waals surface area contributed by atoms with Crippen LogP contribution in [0.1, 0.15) is 56.2 Å². The molecule has 0 saturated carbocycles. The molecule has 1 fully saturated rings. The van der Waals surface area contributed by atoms with Crippen molar-refractivity contribution in [3.63, 3.8) is 0 Å². The number of methoxy groups -OCH3 is 5. The highest BCUT2D eigenvalue weighted by atomic mass is 32.1. The van der Waals surface area contributed by atoms with Gasteiger partial charge in [0.25, 0.3) is 0 Å². The van der Waals surface area contributed by atoms with Crippen LogP contribution in [0.2, 0.25) is 0 Å². The molecule has 1 unspecified atom stereocenters. The van der Waals surface area contributed by atoms with Gasteiger partial charge in [0.05, 0.1) is 70.7 Å². The van der Waals surface area contributed by atoms with Gasteiger partial charge in [0.2, 0.25) is 11.7 Å². The number of thiazole rings is 1. The Kier molecular flexibility index (Phi) is 14.8. The van der Waals surface area contributed by atoms with E-state index in [0.29, 0.717) is 48.4 Å². The number of hydrogen-bond acceptors (Lipinski definition) is 13. The lowest BCUT2D eigenvalue weighted by molar-refractivity contribution is -0.130. The van der Waals surface area contributed by atoms with Gasteiger partial charge in [0, 0.05) is 50.7 Å². The summed E-state index contributed by atoms with van der Waals surface area (Å²) in [5, 5.41) is 7.25. The molecule has 0 aliphatic carbocycles. The van der Waals surface area contributed by atoms with Crippen LogP contribution in [0.5, 0.6) is 40.2 Å². The van der Waals surface area contributed by atoms with Crippen molar-refractivity contribution in [1.82, 2.24) is 19.8 Å². The molecule has 3 heterocycles. The van der Waals surface area contributed by atoms with E-state index in [9.17, 15) is 4.79 Å². The van der Waals surface area contributed by atoms with Crippen molar-refractivity contribution in [2.45, 2.75) is 45.1 Å². The van der Waals surface area contributed by atoms with Crippen molar-refractivity contribution in [1.29, 1.82) is 0 Å².